The van der Waals surface area contributed by atoms with Gasteiger partial charge in [0, 0.05) is 5.56 Å². The molecule has 5 nitrogen and oxygen atoms in total. The molecule has 1 aromatic carbocycles. The van der Waals surface area contributed by atoms with Crippen LogP contribution in [0.4, 0.5) is 0 Å². The Hall–Kier alpha value is -2.82. The second-order valence-electron chi connectivity index (χ2n) is 7.38. The van der Waals surface area contributed by atoms with Gasteiger partial charge in [0.05, 0.1) is 35.4 Å². The van der Waals surface area contributed by atoms with Crippen molar-refractivity contribution in [2.45, 2.75) is 32.7 Å². The molecule has 0 fully saturated rings. The number of hydrogen-bond acceptors (Lipinski definition) is 3. The summed E-state index contributed by atoms with van der Waals surface area (Å²) in [5.74, 6) is -0.116. The van der Waals surface area contributed by atoms with Crippen molar-refractivity contribution in [1.82, 2.24) is 15.1 Å². The number of carbonyl (C=O) groups is 1. The first kappa shape index (κ1) is 15.7. The Morgan fingerprint density at radius 2 is 2.08 bits per heavy atom. The number of carbonyl (C=O) groups excluding carboxylic acids is 1. The Morgan fingerprint density at radius 3 is 2.80 bits per heavy atom. The van der Waals surface area contributed by atoms with E-state index in [-0.39, 0.29) is 17.4 Å². The van der Waals surface area contributed by atoms with Gasteiger partial charge in [0.25, 0.3) is 5.91 Å². The molecule has 0 saturated carbocycles. The number of rotatable bonds is 3. The van der Waals surface area contributed by atoms with Crippen LogP contribution in [0.2, 0.25) is 0 Å². The molecule has 1 atom stereocenters. The zero-order valence-corrected chi connectivity index (χ0v) is 14.4. The van der Waals surface area contributed by atoms with Crippen LogP contribution in [0.15, 0.2) is 59.5 Å². The first-order chi connectivity index (χ1) is 12.0. The van der Waals surface area contributed by atoms with Crippen molar-refractivity contribution in [3.63, 3.8) is 0 Å². The van der Waals surface area contributed by atoms with Gasteiger partial charge in [-0.1, -0.05) is 32.0 Å². The predicted molar refractivity (Wildman–Crippen MR) is 94.6 cm³/mol. The van der Waals surface area contributed by atoms with Gasteiger partial charge in [-0.05, 0) is 36.5 Å². The highest BCUT2D eigenvalue weighted by Gasteiger charge is 2.36. The molecule has 4 rings (SSSR count). The maximum atomic E-state index is 12.5. The van der Waals surface area contributed by atoms with E-state index in [2.05, 4.69) is 24.3 Å². The number of furan rings is 1. The predicted octanol–water partition coefficient (Wildman–Crippen LogP) is 3.91. The second-order valence-corrected chi connectivity index (χ2v) is 7.38. The fourth-order valence-electron chi connectivity index (χ4n) is 3.60. The molecule has 2 heterocycles. The molecular weight excluding hydrogens is 314 g/mol. The molecule has 5 heteroatoms. The molecule has 0 unspecified atom stereocenters. The third-order valence-electron chi connectivity index (χ3n) is 4.77. The van der Waals surface area contributed by atoms with Crippen molar-refractivity contribution in [2.24, 2.45) is 5.41 Å². The Kier molecular flexibility index (Phi) is 3.71. The maximum absolute atomic E-state index is 12.5. The van der Waals surface area contributed by atoms with Crippen molar-refractivity contribution in [1.29, 1.82) is 0 Å². The van der Waals surface area contributed by atoms with E-state index in [4.69, 9.17) is 4.42 Å². The van der Waals surface area contributed by atoms with Crippen LogP contribution in [-0.2, 0) is 6.42 Å². The first-order valence-corrected chi connectivity index (χ1v) is 8.49. The highest BCUT2D eigenvalue weighted by molar-refractivity contribution is 5.94. The quantitative estimate of drug-likeness (QED) is 0.789. The average Bonchev–Trinajstić information content (AvgIpc) is 3.24. The van der Waals surface area contributed by atoms with Gasteiger partial charge in [-0.25, -0.2) is 4.68 Å². The SMILES string of the molecule is CC1(C)Cc2c(cnn2-c2ccccc2)[C@H](NC(=O)c2ccoc2)C1. The molecular formula is C20H21N3O2. The minimum Gasteiger partial charge on any atom is -0.472 e. The highest BCUT2D eigenvalue weighted by atomic mass is 16.3. The first-order valence-electron chi connectivity index (χ1n) is 8.49. The second kappa shape index (κ2) is 5.92. The van der Waals surface area contributed by atoms with E-state index in [9.17, 15) is 4.79 Å². The van der Waals surface area contributed by atoms with E-state index >= 15 is 0 Å². The molecule has 1 N–H and O–H groups in total. The highest BCUT2D eigenvalue weighted by Crippen LogP contribution is 2.41. The van der Waals surface area contributed by atoms with Crippen LogP contribution < -0.4 is 5.32 Å². The summed E-state index contributed by atoms with van der Waals surface area (Å²) >= 11 is 0. The minimum absolute atomic E-state index is 0.0568. The average molecular weight is 335 g/mol. The van der Waals surface area contributed by atoms with Crippen molar-refractivity contribution in [3.05, 3.63) is 71.9 Å². The minimum atomic E-state index is -0.116. The van der Waals surface area contributed by atoms with Crippen LogP contribution in [0.25, 0.3) is 5.69 Å². The summed E-state index contributed by atoms with van der Waals surface area (Å²) in [5, 5.41) is 7.75. The topological polar surface area (TPSA) is 60.1 Å². The summed E-state index contributed by atoms with van der Waals surface area (Å²) in [6.07, 6.45) is 6.67. The van der Waals surface area contributed by atoms with Gasteiger partial charge in [-0.15, -0.1) is 0 Å². The molecule has 1 aliphatic carbocycles. The van der Waals surface area contributed by atoms with E-state index in [1.807, 2.05) is 41.2 Å². The molecule has 25 heavy (non-hydrogen) atoms. The van der Waals surface area contributed by atoms with Crippen molar-refractivity contribution in [3.8, 4) is 5.69 Å². The smallest absolute Gasteiger partial charge is 0.255 e. The van der Waals surface area contributed by atoms with E-state index in [1.165, 1.54) is 18.2 Å². The summed E-state index contributed by atoms with van der Waals surface area (Å²) in [6, 6.07) is 11.7. The molecule has 0 radical (unpaired) electrons. The van der Waals surface area contributed by atoms with E-state index in [0.29, 0.717) is 5.56 Å². The zero-order valence-electron chi connectivity index (χ0n) is 14.4. The van der Waals surface area contributed by atoms with Crippen LogP contribution in [-0.4, -0.2) is 15.7 Å². The molecule has 3 aromatic rings. The van der Waals surface area contributed by atoms with Gasteiger partial charge in [0.15, 0.2) is 0 Å². The van der Waals surface area contributed by atoms with Crippen LogP contribution in [0.3, 0.4) is 0 Å². The summed E-state index contributed by atoms with van der Waals surface area (Å²) in [5.41, 5.74) is 3.93. The molecule has 0 aliphatic heterocycles. The Morgan fingerprint density at radius 1 is 1.28 bits per heavy atom. The number of benzene rings is 1. The molecule has 1 amide bonds. The largest absolute Gasteiger partial charge is 0.472 e. The van der Waals surface area contributed by atoms with Gasteiger partial charge < -0.3 is 9.73 Å². The van der Waals surface area contributed by atoms with E-state index in [1.54, 1.807) is 6.07 Å². The summed E-state index contributed by atoms with van der Waals surface area (Å²) in [7, 11) is 0. The van der Waals surface area contributed by atoms with Crippen LogP contribution >= 0.6 is 0 Å². The number of nitrogens with one attached hydrogen (secondary N) is 1. The number of hydrogen-bond donors (Lipinski definition) is 1. The lowest BCUT2D eigenvalue weighted by atomic mass is 9.74. The van der Waals surface area contributed by atoms with E-state index in [0.717, 1.165) is 24.1 Å². The number of para-hydroxylation sites is 1. The molecule has 128 valence electrons. The number of amides is 1. The third kappa shape index (κ3) is 2.97. The number of nitrogens with zero attached hydrogens (tertiary/aromatic N) is 2. The van der Waals surface area contributed by atoms with Crippen LogP contribution in [0.1, 0.15) is 47.9 Å². The molecule has 0 spiro atoms. The third-order valence-corrected chi connectivity index (χ3v) is 4.77. The fourth-order valence-corrected chi connectivity index (χ4v) is 3.60. The zero-order chi connectivity index (χ0) is 17.4. The van der Waals surface area contributed by atoms with Gasteiger partial charge in [-0.2, -0.15) is 5.10 Å². The molecule has 1 aliphatic rings. The Labute approximate surface area is 146 Å². The summed E-state index contributed by atoms with van der Waals surface area (Å²) < 4.78 is 7.01. The molecule has 0 saturated heterocycles. The number of aromatic nitrogens is 2. The van der Waals surface area contributed by atoms with Crippen molar-refractivity contribution in [2.75, 3.05) is 0 Å². The Balaban J connectivity index is 1.70. The lowest BCUT2D eigenvalue weighted by molar-refractivity contribution is 0.0918. The van der Waals surface area contributed by atoms with Gasteiger partial charge >= 0.3 is 0 Å². The lowest BCUT2D eigenvalue weighted by Gasteiger charge is -2.35. The molecule has 2 aromatic heterocycles. The summed E-state index contributed by atoms with van der Waals surface area (Å²) in [6.45, 7) is 4.46. The van der Waals surface area contributed by atoms with Crippen LogP contribution in [0, 0.1) is 5.41 Å². The van der Waals surface area contributed by atoms with Crippen molar-refractivity contribution < 1.29 is 9.21 Å². The Bertz CT molecular complexity index is 879. The van der Waals surface area contributed by atoms with Crippen molar-refractivity contribution >= 4 is 5.91 Å². The van der Waals surface area contributed by atoms with Gasteiger partial charge in [0.1, 0.15) is 6.26 Å². The maximum Gasteiger partial charge on any atom is 0.255 e. The summed E-state index contributed by atoms with van der Waals surface area (Å²) in [4.78, 5) is 12.5. The fraction of sp³-hybridized carbons (Fsp3) is 0.300. The lowest BCUT2D eigenvalue weighted by Crippen LogP contribution is -2.36. The van der Waals surface area contributed by atoms with E-state index < -0.39 is 0 Å². The standard InChI is InChI=1S/C20H21N3O2/c1-20(2)10-17(22-19(24)14-8-9-25-13-14)16-12-21-23(18(16)11-20)15-6-4-3-5-7-15/h3-9,12-13,17H,10-11H2,1-2H3,(H,22,24)/t17-/m1/s1. The van der Waals surface area contributed by atoms with Gasteiger partial charge in [-0.3, -0.25) is 4.79 Å². The molecule has 0 bridgehead atoms. The van der Waals surface area contributed by atoms with Crippen LogP contribution in [0.5, 0.6) is 0 Å². The normalized spacial score (nSPS) is 18.6. The van der Waals surface area contributed by atoms with Gasteiger partial charge in [0.2, 0.25) is 0 Å². The number of fused-ring (bicyclic) bond motifs is 1. The monoisotopic (exact) mass is 335 g/mol.